The van der Waals surface area contributed by atoms with Gasteiger partial charge in [-0.2, -0.15) is 0 Å². The van der Waals surface area contributed by atoms with Gasteiger partial charge in [0.1, 0.15) is 24.1 Å². The summed E-state index contributed by atoms with van der Waals surface area (Å²) in [4.78, 5) is 28.7. The highest BCUT2D eigenvalue weighted by Gasteiger charge is 2.34. The molecule has 3 aromatic rings. The first-order valence-corrected chi connectivity index (χ1v) is 15.1. The molecule has 3 rings (SSSR count). The van der Waals surface area contributed by atoms with Gasteiger partial charge in [-0.25, -0.2) is 8.42 Å². The van der Waals surface area contributed by atoms with Crippen LogP contribution in [-0.4, -0.2) is 57.5 Å². The topological polar surface area (TPSA) is 105 Å². The van der Waals surface area contributed by atoms with Crippen LogP contribution in [0.3, 0.4) is 0 Å². The number of benzene rings is 3. The molecule has 0 radical (unpaired) electrons. The minimum absolute atomic E-state index is 0.0309. The molecule has 0 aliphatic heterocycles. The van der Waals surface area contributed by atoms with Crippen molar-refractivity contribution in [3.05, 3.63) is 84.4 Å². The molecule has 0 spiro atoms. The lowest BCUT2D eigenvalue weighted by atomic mass is 10.1. The lowest BCUT2D eigenvalue weighted by Crippen LogP contribution is -2.52. The first-order chi connectivity index (χ1) is 19.6. The highest BCUT2D eigenvalue weighted by molar-refractivity contribution is 7.92. The Labute approximate surface area is 243 Å². The highest BCUT2D eigenvalue weighted by Crippen LogP contribution is 2.33. The monoisotopic (exact) mass is 581 g/mol. The molecule has 3 aromatic carbocycles. The van der Waals surface area contributed by atoms with E-state index in [1.54, 1.807) is 87.7 Å². The molecule has 0 bridgehead atoms. The van der Waals surface area contributed by atoms with E-state index in [9.17, 15) is 18.0 Å². The fourth-order valence-electron chi connectivity index (χ4n) is 4.15. The Hall–Kier alpha value is -4.05. The number of amides is 2. The number of nitrogens with zero attached hydrogens (tertiary/aromatic N) is 2. The third-order valence-electron chi connectivity index (χ3n) is 6.72. The molecule has 0 aliphatic carbocycles. The molecular formula is C31H39N3O6S. The summed E-state index contributed by atoms with van der Waals surface area (Å²) in [5, 5.41) is 2.93. The van der Waals surface area contributed by atoms with Gasteiger partial charge in [-0.3, -0.25) is 13.9 Å². The van der Waals surface area contributed by atoms with E-state index in [0.29, 0.717) is 18.1 Å². The largest absolute Gasteiger partial charge is 0.497 e. The quantitative estimate of drug-likeness (QED) is 0.298. The zero-order valence-electron chi connectivity index (χ0n) is 24.2. The summed E-state index contributed by atoms with van der Waals surface area (Å²) in [7, 11) is -2.62. The van der Waals surface area contributed by atoms with Crippen LogP contribution in [0.2, 0.25) is 0 Å². The van der Waals surface area contributed by atoms with Gasteiger partial charge in [0.25, 0.3) is 10.0 Å². The Kier molecular flexibility index (Phi) is 11.2. The van der Waals surface area contributed by atoms with Crippen LogP contribution in [0.1, 0.15) is 39.7 Å². The normalized spacial score (nSPS) is 12.6. The Morgan fingerprint density at radius 3 is 2.15 bits per heavy atom. The van der Waals surface area contributed by atoms with Crippen LogP contribution in [0.25, 0.3) is 0 Å². The lowest BCUT2D eigenvalue weighted by molar-refractivity contribution is -0.139. The van der Waals surface area contributed by atoms with Gasteiger partial charge < -0.3 is 19.7 Å². The molecule has 0 unspecified atom stereocenters. The van der Waals surface area contributed by atoms with E-state index >= 15 is 0 Å². The van der Waals surface area contributed by atoms with Gasteiger partial charge >= 0.3 is 0 Å². The lowest BCUT2D eigenvalue weighted by Gasteiger charge is -2.33. The van der Waals surface area contributed by atoms with Crippen molar-refractivity contribution in [1.82, 2.24) is 10.2 Å². The number of carbonyl (C=O) groups is 2. The van der Waals surface area contributed by atoms with Crippen molar-refractivity contribution in [1.29, 1.82) is 0 Å². The van der Waals surface area contributed by atoms with Crippen molar-refractivity contribution in [3.8, 4) is 11.5 Å². The molecular weight excluding hydrogens is 542 g/mol. The van der Waals surface area contributed by atoms with E-state index in [0.717, 1.165) is 16.3 Å². The maximum Gasteiger partial charge on any atom is 0.264 e. The van der Waals surface area contributed by atoms with Gasteiger partial charge in [0.2, 0.25) is 11.8 Å². The average Bonchev–Trinajstić information content (AvgIpc) is 2.99. The number of nitrogens with one attached hydrogen (secondary N) is 1. The van der Waals surface area contributed by atoms with E-state index in [-0.39, 0.29) is 29.1 Å². The Bertz CT molecular complexity index is 1400. The summed E-state index contributed by atoms with van der Waals surface area (Å²) in [6.07, 6.45) is 0.724. The number of anilines is 1. The van der Waals surface area contributed by atoms with Crippen molar-refractivity contribution >= 4 is 27.5 Å². The predicted molar refractivity (Wildman–Crippen MR) is 159 cm³/mol. The second kappa shape index (κ2) is 14.5. The van der Waals surface area contributed by atoms with Crippen molar-refractivity contribution in [2.24, 2.45) is 0 Å². The summed E-state index contributed by atoms with van der Waals surface area (Å²) >= 11 is 0. The van der Waals surface area contributed by atoms with Crippen LogP contribution in [0.15, 0.2) is 83.8 Å². The van der Waals surface area contributed by atoms with Gasteiger partial charge in [-0.1, -0.05) is 49.4 Å². The summed E-state index contributed by atoms with van der Waals surface area (Å²) in [6, 6.07) is 20.8. The van der Waals surface area contributed by atoms with Crippen molar-refractivity contribution in [2.45, 2.75) is 57.6 Å². The third-order valence-corrected chi connectivity index (χ3v) is 8.50. The molecule has 41 heavy (non-hydrogen) atoms. The van der Waals surface area contributed by atoms with Gasteiger partial charge in [-0.05, 0) is 69.2 Å². The summed E-state index contributed by atoms with van der Waals surface area (Å²) in [5.41, 5.74) is 0.988. The van der Waals surface area contributed by atoms with E-state index < -0.39 is 28.5 Å². The van der Waals surface area contributed by atoms with Crippen LogP contribution in [-0.2, 0) is 26.2 Å². The molecule has 10 heteroatoms. The SMILES string of the molecule is CCOc1ccccc1N(CC(=O)N(Cc1ccc(OC)cc1)[C@@H](C)C(=O)N[C@@H](C)CC)S(=O)(=O)c1ccccc1. The average molecular weight is 582 g/mol. The minimum Gasteiger partial charge on any atom is -0.497 e. The van der Waals surface area contributed by atoms with E-state index in [2.05, 4.69) is 5.32 Å². The zero-order chi connectivity index (χ0) is 30.0. The molecule has 1 N–H and O–H groups in total. The molecule has 0 aliphatic rings. The van der Waals surface area contributed by atoms with Gasteiger partial charge in [0.05, 0.1) is 24.3 Å². The molecule has 2 atom stereocenters. The summed E-state index contributed by atoms with van der Waals surface area (Å²) < 4.78 is 40.0. The Morgan fingerprint density at radius 2 is 1.54 bits per heavy atom. The molecule has 0 aromatic heterocycles. The highest BCUT2D eigenvalue weighted by atomic mass is 32.2. The van der Waals surface area contributed by atoms with E-state index in [4.69, 9.17) is 9.47 Å². The zero-order valence-corrected chi connectivity index (χ0v) is 25.1. The van der Waals surface area contributed by atoms with Crippen LogP contribution in [0.5, 0.6) is 11.5 Å². The van der Waals surface area contributed by atoms with Crippen molar-refractivity contribution in [3.63, 3.8) is 0 Å². The smallest absolute Gasteiger partial charge is 0.264 e. The fraction of sp³-hybridized carbons (Fsp3) is 0.355. The number of methoxy groups -OCH3 is 1. The molecule has 220 valence electrons. The third kappa shape index (κ3) is 8.00. The first-order valence-electron chi connectivity index (χ1n) is 13.6. The molecule has 0 fully saturated rings. The maximum atomic E-state index is 14.1. The number of hydrogen-bond acceptors (Lipinski definition) is 6. The van der Waals surface area contributed by atoms with Gasteiger partial charge in [0, 0.05) is 12.6 Å². The first kappa shape index (κ1) is 31.5. The van der Waals surface area contributed by atoms with Gasteiger partial charge in [0.15, 0.2) is 0 Å². The van der Waals surface area contributed by atoms with Crippen LogP contribution >= 0.6 is 0 Å². The van der Waals surface area contributed by atoms with Gasteiger partial charge in [-0.15, -0.1) is 0 Å². The molecule has 9 nitrogen and oxygen atoms in total. The number of hydrogen-bond donors (Lipinski definition) is 1. The Morgan fingerprint density at radius 1 is 0.902 bits per heavy atom. The predicted octanol–water partition coefficient (Wildman–Crippen LogP) is 4.62. The van der Waals surface area contributed by atoms with Crippen LogP contribution in [0, 0.1) is 0 Å². The molecule has 0 saturated heterocycles. The summed E-state index contributed by atoms with van der Waals surface area (Å²) in [6.45, 7) is 7.13. The Balaban J connectivity index is 2.05. The molecule has 0 saturated carbocycles. The second-order valence-corrected chi connectivity index (χ2v) is 11.5. The minimum atomic E-state index is -4.19. The number of sulfonamides is 1. The molecule has 0 heterocycles. The number of ether oxygens (including phenoxy) is 2. The number of carbonyl (C=O) groups excluding carboxylic acids is 2. The van der Waals surface area contributed by atoms with E-state index in [1.807, 2.05) is 13.8 Å². The van der Waals surface area contributed by atoms with Crippen LogP contribution in [0.4, 0.5) is 5.69 Å². The van der Waals surface area contributed by atoms with Crippen molar-refractivity contribution < 1.29 is 27.5 Å². The fourth-order valence-corrected chi connectivity index (χ4v) is 5.60. The maximum absolute atomic E-state index is 14.1. The van der Waals surface area contributed by atoms with Crippen molar-refractivity contribution in [2.75, 3.05) is 24.6 Å². The standard InChI is InChI=1S/C31H39N3O6S/c1-6-23(3)32-31(36)24(4)33(21-25-17-19-26(39-5)20-18-25)30(35)22-34(28-15-11-12-16-29(28)40-7-2)41(37,38)27-13-9-8-10-14-27/h8-20,23-24H,6-7,21-22H2,1-5H3,(H,32,36)/t23-,24-/m0/s1. The molecule has 2 amide bonds. The van der Waals surface area contributed by atoms with Crippen LogP contribution < -0.4 is 19.1 Å². The van der Waals surface area contributed by atoms with E-state index in [1.165, 1.54) is 17.0 Å². The number of para-hydroxylation sites is 2. The number of rotatable bonds is 14. The second-order valence-electron chi connectivity index (χ2n) is 9.59. The summed E-state index contributed by atoms with van der Waals surface area (Å²) in [5.74, 6) is 0.111.